The van der Waals surface area contributed by atoms with Crippen molar-refractivity contribution in [2.24, 2.45) is 0 Å². The lowest BCUT2D eigenvalue weighted by molar-refractivity contribution is 0.0944. The Balaban J connectivity index is 1.82. The van der Waals surface area contributed by atoms with Gasteiger partial charge in [0.1, 0.15) is 0 Å². The molecule has 0 radical (unpaired) electrons. The second kappa shape index (κ2) is 7.79. The summed E-state index contributed by atoms with van der Waals surface area (Å²) in [4.78, 5) is 23.2. The quantitative estimate of drug-likeness (QED) is 0.744. The number of ether oxygens (including phenoxy) is 1. The number of aromatic nitrogens is 2. The summed E-state index contributed by atoms with van der Waals surface area (Å²) in [5.74, 6) is 0.549. The van der Waals surface area contributed by atoms with E-state index in [2.05, 4.69) is 48.7 Å². The molecule has 146 valence electrons. The Morgan fingerprint density at radius 1 is 1.39 bits per heavy atom. The number of fused-ring (bicyclic) bond motifs is 2. The van der Waals surface area contributed by atoms with Crippen molar-refractivity contribution in [2.75, 3.05) is 37.4 Å². The Kier molecular flexibility index (Phi) is 5.21. The molecule has 8 heteroatoms. The zero-order valence-corrected chi connectivity index (χ0v) is 17.4. The number of hydrogen-bond donors (Lipinski definition) is 2. The zero-order chi connectivity index (χ0) is 19.7. The van der Waals surface area contributed by atoms with Crippen molar-refractivity contribution in [2.45, 2.75) is 19.4 Å². The van der Waals surface area contributed by atoms with E-state index in [0.29, 0.717) is 25.6 Å². The van der Waals surface area contributed by atoms with E-state index < -0.39 is 0 Å². The van der Waals surface area contributed by atoms with Crippen LogP contribution in [0.1, 0.15) is 30.5 Å². The minimum Gasteiger partial charge on any atom is -0.450 e. The van der Waals surface area contributed by atoms with Crippen LogP contribution in [0.3, 0.4) is 0 Å². The molecule has 0 fully saturated rings. The predicted octanol–water partition coefficient (Wildman–Crippen LogP) is 4.06. The van der Waals surface area contributed by atoms with Gasteiger partial charge in [-0.15, -0.1) is 0 Å². The Bertz CT molecular complexity index is 929. The maximum atomic E-state index is 12.7. The van der Waals surface area contributed by atoms with E-state index in [9.17, 15) is 4.79 Å². The molecule has 2 aliphatic heterocycles. The molecule has 1 aromatic carbocycles. The van der Waals surface area contributed by atoms with E-state index in [1.54, 1.807) is 24.3 Å². The standard InChI is InChI=1S/C20H22BrN5O2/c1-3-28-20(27)26-7-6-14-15-8-13(21)4-5-17(15)23-11-16(14)18(26)12-9-24-19(22-2)25-10-12/h4-5,8-10,18,23H,3,6-7,11H2,1-2H3,(H,22,24,25). The van der Waals surface area contributed by atoms with E-state index in [4.69, 9.17) is 4.74 Å². The summed E-state index contributed by atoms with van der Waals surface area (Å²) in [7, 11) is 1.78. The molecule has 0 aliphatic carbocycles. The molecule has 1 amide bonds. The second-order valence-corrected chi connectivity index (χ2v) is 7.60. The van der Waals surface area contributed by atoms with Gasteiger partial charge in [0.05, 0.1) is 12.6 Å². The van der Waals surface area contributed by atoms with Gasteiger partial charge >= 0.3 is 6.09 Å². The first kappa shape index (κ1) is 18.7. The number of carbonyl (C=O) groups excluding carboxylic acids is 1. The summed E-state index contributed by atoms with van der Waals surface area (Å²) in [6, 6.07) is 6.00. The first-order chi connectivity index (χ1) is 13.6. The predicted molar refractivity (Wildman–Crippen MR) is 112 cm³/mol. The smallest absolute Gasteiger partial charge is 0.410 e. The summed E-state index contributed by atoms with van der Waals surface area (Å²) in [5.41, 5.74) is 5.60. The number of hydrogen-bond acceptors (Lipinski definition) is 6. The van der Waals surface area contributed by atoms with E-state index >= 15 is 0 Å². The maximum Gasteiger partial charge on any atom is 0.410 e. The van der Waals surface area contributed by atoms with Crippen LogP contribution in [-0.2, 0) is 4.74 Å². The number of nitrogens with zero attached hydrogens (tertiary/aromatic N) is 3. The van der Waals surface area contributed by atoms with Crippen LogP contribution >= 0.6 is 15.9 Å². The van der Waals surface area contributed by atoms with E-state index in [1.807, 2.05) is 13.0 Å². The normalized spacial score (nSPS) is 18.1. The van der Waals surface area contributed by atoms with Crippen LogP contribution < -0.4 is 10.6 Å². The Morgan fingerprint density at radius 2 is 2.18 bits per heavy atom. The Morgan fingerprint density at radius 3 is 2.89 bits per heavy atom. The molecule has 4 rings (SSSR count). The third-order valence-corrected chi connectivity index (χ3v) is 5.61. The van der Waals surface area contributed by atoms with Crippen LogP contribution in [0, 0.1) is 0 Å². The van der Waals surface area contributed by atoms with Crippen molar-refractivity contribution in [3.8, 4) is 0 Å². The molecule has 0 saturated heterocycles. The fourth-order valence-electron chi connectivity index (χ4n) is 3.89. The summed E-state index contributed by atoms with van der Waals surface area (Å²) >= 11 is 3.58. The molecule has 1 atom stereocenters. The monoisotopic (exact) mass is 443 g/mol. The van der Waals surface area contributed by atoms with Gasteiger partial charge in [-0.3, -0.25) is 4.90 Å². The van der Waals surface area contributed by atoms with Crippen LogP contribution in [0.5, 0.6) is 0 Å². The average molecular weight is 444 g/mol. The number of amides is 1. The van der Waals surface area contributed by atoms with Crippen molar-refractivity contribution in [1.29, 1.82) is 0 Å². The van der Waals surface area contributed by atoms with Crippen LogP contribution in [0.4, 0.5) is 16.4 Å². The zero-order valence-electron chi connectivity index (χ0n) is 15.8. The van der Waals surface area contributed by atoms with Crippen molar-refractivity contribution < 1.29 is 9.53 Å². The maximum absolute atomic E-state index is 12.7. The largest absolute Gasteiger partial charge is 0.450 e. The molecule has 0 saturated carbocycles. The molecule has 0 bridgehead atoms. The minimum atomic E-state index is -0.309. The van der Waals surface area contributed by atoms with Crippen LogP contribution in [0.15, 0.2) is 40.6 Å². The van der Waals surface area contributed by atoms with Gasteiger partial charge in [-0.1, -0.05) is 15.9 Å². The van der Waals surface area contributed by atoms with Gasteiger partial charge in [0.25, 0.3) is 0 Å². The Labute approximate surface area is 172 Å². The summed E-state index contributed by atoms with van der Waals surface area (Å²) in [5, 5.41) is 6.42. The molecule has 2 aliphatic rings. The minimum absolute atomic E-state index is 0.256. The molecule has 2 aromatic rings. The lowest BCUT2D eigenvalue weighted by Crippen LogP contribution is -2.42. The first-order valence-corrected chi connectivity index (χ1v) is 10.1. The highest BCUT2D eigenvalue weighted by molar-refractivity contribution is 9.10. The van der Waals surface area contributed by atoms with Crippen LogP contribution in [0.2, 0.25) is 0 Å². The highest BCUT2D eigenvalue weighted by atomic mass is 79.9. The fourth-order valence-corrected chi connectivity index (χ4v) is 4.25. The third kappa shape index (κ3) is 3.32. The lowest BCUT2D eigenvalue weighted by atomic mass is 9.83. The number of carbonyl (C=O) groups is 1. The first-order valence-electron chi connectivity index (χ1n) is 9.31. The number of anilines is 2. The molecule has 3 heterocycles. The van der Waals surface area contributed by atoms with E-state index in [0.717, 1.165) is 27.7 Å². The molecular weight excluding hydrogens is 422 g/mol. The summed E-state index contributed by atoms with van der Waals surface area (Å²) in [6.07, 6.45) is 4.03. The van der Waals surface area contributed by atoms with E-state index in [1.165, 1.54) is 11.1 Å². The van der Waals surface area contributed by atoms with Gasteiger partial charge in [-0.05, 0) is 42.7 Å². The highest BCUT2D eigenvalue weighted by Gasteiger charge is 2.37. The molecule has 28 heavy (non-hydrogen) atoms. The molecule has 0 spiro atoms. The van der Waals surface area contributed by atoms with Crippen molar-refractivity contribution in [1.82, 2.24) is 14.9 Å². The fraction of sp³-hybridized carbons (Fsp3) is 0.350. The molecule has 1 aromatic heterocycles. The Hall–Kier alpha value is -2.61. The molecule has 7 nitrogen and oxygen atoms in total. The van der Waals surface area contributed by atoms with Gasteiger partial charge in [-0.2, -0.15) is 0 Å². The SMILES string of the molecule is CCOC(=O)N1CCC2=C(CNc3ccc(Br)cc32)C1c1cnc(NC)nc1. The molecular formula is C20H22BrN5O2. The lowest BCUT2D eigenvalue weighted by Gasteiger charge is -2.40. The topological polar surface area (TPSA) is 79.4 Å². The van der Waals surface area contributed by atoms with Gasteiger partial charge in [0.15, 0.2) is 0 Å². The number of nitrogens with one attached hydrogen (secondary N) is 2. The van der Waals surface area contributed by atoms with Crippen molar-refractivity contribution >= 4 is 39.2 Å². The van der Waals surface area contributed by atoms with Crippen LogP contribution in [0.25, 0.3) is 5.57 Å². The van der Waals surface area contributed by atoms with Crippen LogP contribution in [-0.4, -0.2) is 47.7 Å². The second-order valence-electron chi connectivity index (χ2n) is 6.68. The van der Waals surface area contributed by atoms with Gasteiger partial charge in [0, 0.05) is 53.8 Å². The van der Waals surface area contributed by atoms with Gasteiger partial charge < -0.3 is 15.4 Å². The van der Waals surface area contributed by atoms with Gasteiger partial charge in [0.2, 0.25) is 5.95 Å². The average Bonchev–Trinajstić information content (AvgIpc) is 2.73. The number of benzene rings is 1. The van der Waals surface area contributed by atoms with Gasteiger partial charge in [-0.25, -0.2) is 14.8 Å². The number of rotatable bonds is 3. The van der Waals surface area contributed by atoms with Crippen molar-refractivity contribution in [3.63, 3.8) is 0 Å². The van der Waals surface area contributed by atoms with E-state index in [-0.39, 0.29) is 12.1 Å². The van der Waals surface area contributed by atoms with Crippen molar-refractivity contribution in [3.05, 3.63) is 51.8 Å². The third-order valence-electron chi connectivity index (χ3n) is 5.12. The molecule has 1 unspecified atom stereocenters. The summed E-state index contributed by atoms with van der Waals surface area (Å²) in [6.45, 7) is 3.42. The summed E-state index contributed by atoms with van der Waals surface area (Å²) < 4.78 is 6.36. The molecule has 2 N–H and O–H groups in total. The number of halogens is 1. The highest BCUT2D eigenvalue weighted by Crippen LogP contribution is 2.44.